The zero-order valence-corrected chi connectivity index (χ0v) is 23.4. The van der Waals surface area contributed by atoms with E-state index in [1.807, 2.05) is 12.4 Å². The van der Waals surface area contributed by atoms with E-state index in [1.165, 1.54) is 0 Å². The summed E-state index contributed by atoms with van der Waals surface area (Å²) in [6.45, 7) is 3.52. The van der Waals surface area contributed by atoms with Crippen LogP contribution in [0.15, 0.2) is 58.7 Å². The Hall–Kier alpha value is -2.30. The highest BCUT2D eigenvalue weighted by Gasteiger charge is 2.58. The van der Waals surface area contributed by atoms with Gasteiger partial charge in [-0.2, -0.15) is 0 Å². The molecule has 3 atom stereocenters. The molecule has 2 aromatic rings. The molecule has 8 nitrogen and oxygen atoms in total. The molecule has 208 valence electrons. The van der Waals surface area contributed by atoms with Crippen LogP contribution in [0.2, 0.25) is 5.02 Å². The summed E-state index contributed by atoms with van der Waals surface area (Å²) in [5, 5.41) is 11.8. The molecule has 3 aliphatic heterocycles. The zero-order valence-electron chi connectivity index (χ0n) is 21.8. The van der Waals surface area contributed by atoms with Crippen LogP contribution in [0.1, 0.15) is 32.1 Å². The maximum absolute atomic E-state index is 13.7. The van der Waals surface area contributed by atoms with Crippen molar-refractivity contribution in [3.05, 3.63) is 53.8 Å². The molecule has 2 saturated heterocycles. The van der Waals surface area contributed by atoms with Gasteiger partial charge in [-0.25, -0.2) is 8.42 Å². The van der Waals surface area contributed by atoms with E-state index in [-0.39, 0.29) is 35.5 Å². The number of fused-ring (bicyclic) bond motifs is 2. The van der Waals surface area contributed by atoms with Crippen LogP contribution in [0.25, 0.3) is 10.8 Å². The van der Waals surface area contributed by atoms with E-state index >= 15 is 0 Å². The first-order chi connectivity index (χ1) is 18.7. The summed E-state index contributed by atoms with van der Waals surface area (Å²) in [4.78, 5) is 22.5. The van der Waals surface area contributed by atoms with Crippen LogP contribution in [0.3, 0.4) is 0 Å². The van der Waals surface area contributed by atoms with Gasteiger partial charge in [-0.05, 0) is 66.1 Å². The Morgan fingerprint density at radius 1 is 1.10 bits per heavy atom. The molecule has 3 fully saturated rings. The van der Waals surface area contributed by atoms with Gasteiger partial charge in [0, 0.05) is 49.1 Å². The number of hydrogen-bond acceptors (Lipinski definition) is 8. The predicted octanol–water partition coefficient (Wildman–Crippen LogP) is 3.66. The van der Waals surface area contributed by atoms with Crippen molar-refractivity contribution in [2.45, 2.75) is 47.9 Å². The Kier molecular flexibility index (Phi) is 7.08. The molecule has 6 rings (SSSR count). The number of benzene rings is 2. The number of aliphatic imine (C=N–C) groups is 1. The van der Waals surface area contributed by atoms with Crippen LogP contribution in [-0.2, 0) is 19.4 Å². The van der Waals surface area contributed by atoms with E-state index in [1.54, 1.807) is 42.6 Å². The molecule has 1 N–H and O–H groups in total. The van der Waals surface area contributed by atoms with Gasteiger partial charge in [0.05, 0.1) is 36.6 Å². The van der Waals surface area contributed by atoms with Crippen molar-refractivity contribution in [1.82, 2.24) is 9.80 Å². The Morgan fingerprint density at radius 3 is 2.62 bits per heavy atom. The van der Waals surface area contributed by atoms with E-state index in [4.69, 9.17) is 16.3 Å². The largest absolute Gasteiger partial charge is 0.393 e. The minimum atomic E-state index is -3.82. The standard InChI is InChI=1S/C29H34ClN3O5S/c30-23-3-1-22-14-24(4-2-21(22)13-23)39(36,37)25-15-27(35)26-17-28(19-38-29(26,16-25)18-34)5-9-32(10-6-28)20-33-11-7-31-8-12-33/h1-4,7-8,11,13-14,25-26,34H,5-6,9-10,12,15-20H2. The maximum atomic E-state index is 13.7. The summed E-state index contributed by atoms with van der Waals surface area (Å²) in [5.41, 5.74) is -1.28. The van der Waals surface area contributed by atoms with E-state index < -0.39 is 26.6 Å². The van der Waals surface area contributed by atoms with E-state index in [9.17, 15) is 18.3 Å². The fourth-order valence-corrected chi connectivity index (χ4v) is 8.80. The SMILES string of the molecule is O=C1CC(S(=O)(=O)c2ccc3cc(Cl)ccc3c2)CC2(CO)OCC3(CCN(CN4C=CN=CC4)CC3)CC12. The number of ketones is 1. The molecule has 0 bridgehead atoms. The average molecular weight is 572 g/mol. The Bertz CT molecular complexity index is 1440. The molecular weight excluding hydrogens is 538 g/mol. The monoisotopic (exact) mass is 571 g/mol. The number of sulfone groups is 1. The Balaban J connectivity index is 1.16. The van der Waals surface area contributed by atoms with Crippen LogP contribution in [0, 0.1) is 11.3 Å². The number of Topliss-reactive ketones (excluding diaryl/α,β-unsaturated/α-hetero) is 1. The number of carbonyl (C=O) groups is 1. The molecule has 4 aliphatic rings. The number of rotatable bonds is 5. The van der Waals surface area contributed by atoms with Crippen LogP contribution in [0.5, 0.6) is 0 Å². The zero-order chi connectivity index (χ0) is 27.3. The lowest BCUT2D eigenvalue weighted by Crippen LogP contribution is -2.62. The van der Waals surface area contributed by atoms with Crippen molar-refractivity contribution >= 4 is 44.2 Å². The summed E-state index contributed by atoms with van der Waals surface area (Å²) in [6, 6.07) is 10.3. The summed E-state index contributed by atoms with van der Waals surface area (Å²) >= 11 is 6.08. The van der Waals surface area contributed by atoms with Gasteiger partial charge in [-0.1, -0.05) is 23.7 Å². The first-order valence-electron chi connectivity index (χ1n) is 13.6. The van der Waals surface area contributed by atoms with Crippen molar-refractivity contribution in [2.24, 2.45) is 16.3 Å². The highest BCUT2D eigenvalue weighted by atomic mass is 35.5. The number of aliphatic hydroxyl groups is 1. The van der Waals surface area contributed by atoms with Crippen molar-refractivity contribution in [3.63, 3.8) is 0 Å². The molecule has 2 aromatic carbocycles. The third kappa shape index (κ3) is 5.04. The number of ether oxygens (including phenoxy) is 1. The van der Waals surface area contributed by atoms with Crippen LogP contribution >= 0.6 is 11.6 Å². The van der Waals surface area contributed by atoms with E-state index in [0.717, 1.165) is 49.9 Å². The molecule has 0 radical (unpaired) electrons. The lowest BCUT2D eigenvalue weighted by Gasteiger charge is -2.55. The van der Waals surface area contributed by atoms with Crippen molar-refractivity contribution < 1.29 is 23.1 Å². The molecule has 0 aromatic heterocycles. The molecule has 1 saturated carbocycles. The smallest absolute Gasteiger partial charge is 0.181 e. The molecule has 0 amide bonds. The Morgan fingerprint density at radius 2 is 1.87 bits per heavy atom. The second-order valence-electron chi connectivity index (χ2n) is 11.6. The lowest BCUT2D eigenvalue weighted by atomic mass is 9.62. The second kappa shape index (κ2) is 10.3. The average Bonchev–Trinajstić information content (AvgIpc) is 2.95. The van der Waals surface area contributed by atoms with Crippen LogP contribution in [0.4, 0.5) is 0 Å². The molecular formula is C29H34ClN3O5S. The number of hydrogen-bond donors (Lipinski definition) is 1. The fraction of sp³-hybridized carbons (Fsp3) is 0.517. The van der Waals surface area contributed by atoms with Gasteiger partial charge < -0.3 is 14.7 Å². The van der Waals surface area contributed by atoms with Crippen LogP contribution < -0.4 is 0 Å². The predicted molar refractivity (Wildman–Crippen MR) is 150 cm³/mol. The number of piperidine rings is 1. The molecule has 3 unspecified atom stereocenters. The third-order valence-electron chi connectivity index (χ3n) is 9.22. The van der Waals surface area contributed by atoms with Gasteiger partial charge in [-0.3, -0.25) is 14.7 Å². The number of likely N-dealkylation sites (tertiary alicyclic amines) is 1. The van der Waals surface area contributed by atoms with Gasteiger partial charge in [0.25, 0.3) is 0 Å². The number of carbonyl (C=O) groups excluding carboxylic acids is 1. The van der Waals surface area contributed by atoms with Gasteiger partial charge in [0.1, 0.15) is 11.4 Å². The van der Waals surface area contributed by atoms with Crippen molar-refractivity contribution in [2.75, 3.05) is 39.5 Å². The quantitative estimate of drug-likeness (QED) is 0.584. The topological polar surface area (TPSA) is 99.5 Å². The van der Waals surface area contributed by atoms with Crippen molar-refractivity contribution in [1.29, 1.82) is 0 Å². The molecule has 1 aliphatic carbocycles. The first kappa shape index (κ1) is 26.9. The van der Waals surface area contributed by atoms with E-state index in [0.29, 0.717) is 18.1 Å². The maximum Gasteiger partial charge on any atom is 0.181 e. The van der Waals surface area contributed by atoms with Gasteiger partial charge in [-0.15, -0.1) is 0 Å². The fourth-order valence-electron chi connectivity index (χ4n) is 6.80. The highest BCUT2D eigenvalue weighted by Crippen LogP contribution is 2.51. The minimum absolute atomic E-state index is 0.0538. The summed E-state index contributed by atoms with van der Waals surface area (Å²) in [6.07, 6.45) is 8.22. The van der Waals surface area contributed by atoms with Gasteiger partial charge in [0.15, 0.2) is 9.84 Å². The van der Waals surface area contributed by atoms with Gasteiger partial charge in [0.2, 0.25) is 0 Å². The number of halogens is 1. The molecule has 1 spiro atoms. The normalized spacial score (nSPS) is 29.2. The summed E-state index contributed by atoms with van der Waals surface area (Å²) in [7, 11) is -3.82. The second-order valence-corrected chi connectivity index (χ2v) is 14.3. The molecule has 39 heavy (non-hydrogen) atoms. The highest BCUT2D eigenvalue weighted by molar-refractivity contribution is 7.92. The number of nitrogens with zero attached hydrogens (tertiary/aromatic N) is 3. The molecule has 3 heterocycles. The van der Waals surface area contributed by atoms with Crippen molar-refractivity contribution in [3.8, 4) is 0 Å². The minimum Gasteiger partial charge on any atom is -0.393 e. The van der Waals surface area contributed by atoms with Crippen LogP contribution in [-0.4, -0.2) is 85.7 Å². The summed E-state index contributed by atoms with van der Waals surface area (Å²) < 4.78 is 33.9. The molecule has 10 heteroatoms. The van der Waals surface area contributed by atoms with E-state index in [2.05, 4.69) is 14.8 Å². The summed E-state index contributed by atoms with van der Waals surface area (Å²) in [5.74, 6) is -0.607. The first-order valence-corrected chi connectivity index (χ1v) is 15.5. The lowest BCUT2D eigenvalue weighted by molar-refractivity contribution is -0.208. The van der Waals surface area contributed by atoms with Gasteiger partial charge >= 0.3 is 0 Å². The Labute approximate surface area is 234 Å². The third-order valence-corrected chi connectivity index (χ3v) is 11.6. The number of aliphatic hydroxyl groups excluding tert-OH is 1.